The van der Waals surface area contributed by atoms with Crippen LogP contribution in [0, 0.1) is 0 Å². The maximum atomic E-state index is 13.5. The monoisotopic (exact) mass is 504 g/mol. The van der Waals surface area contributed by atoms with Gasteiger partial charge in [0.2, 0.25) is 0 Å². The molecular formula is C26H21BrN2O4. The molecule has 166 valence electrons. The molecule has 0 saturated heterocycles. The number of carbonyl (C=O) groups excluding carboxylic acids is 1. The highest BCUT2D eigenvalue weighted by Crippen LogP contribution is 2.33. The van der Waals surface area contributed by atoms with Gasteiger partial charge in [0, 0.05) is 17.5 Å². The number of ether oxygens (including phenoxy) is 1. The molecule has 2 heterocycles. The van der Waals surface area contributed by atoms with Gasteiger partial charge in [0.1, 0.15) is 4.60 Å². The molecule has 0 atom stereocenters. The van der Waals surface area contributed by atoms with Crippen molar-refractivity contribution in [3.8, 4) is 5.75 Å². The van der Waals surface area contributed by atoms with E-state index < -0.39 is 5.97 Å². The van der Waals surface area contributed by atoms with Crippen LogP contribution in [0.2, 0.25) is 0 Å². The molecule has 2 aromatic carbocycles. The van der Waals surface area contributed by atoms with Crippen LogP contribution in [-0.4, -0.2) is 27.7 Å². The fraction of sp³-hybridized carbons (Fsp3) is 0.115. The molecule has 33 heavy (non-hydrogen) atoms. The van der Waals surface area contributed by atoms with Crippen molar-refractivity contribution < 1.29 is 14.6 Å². The van der Waals surface area contributed by atoms with Crippen molar-refractivity contribution in [2.24, 2.45) is 0 Å². The van der Waals surface area contributed by atoms with E-state index in [4.69, 9.17) is 4.74 Å². The van der Waals surface area contributed by atoms with Crippen molar-refractivity contribution in [2.75, 3.05) is 7.11 Å². The fourth-order valence-electron chi connectivity index (χ4n) is 3.63. The molecule has 0 amide bonds. The molecular weight excluding hydrogens is 484 g/mol. The number of benzene rings is 2. The molecule has 0 bridgehead atoms. The van der Waals surface area contributed by atoms with E-state index >= 15 is 0 Å². The minimum atomic E-state index is -0.765. The Hall–Kier alpha value is -3.71. The van der Waals surface area contributed by atoms with Crippen LogP contribution in [0.4, 0.5) is 0 Å². The van der Waals surface area contributed by atoms with E-state index in [1.54, 1.807) is 16.7 Å². The first-order valence-corrected chi connectivity index (χ1v) is 11.1. The number of esters is 1. The first-order chi connectivity index (χ1) is 16.0. The standard InChI is InChI=1S/C26H21BrN2O4/c1-33-26(32)21-23(30)20-16-19(13-12-17-8-4-2-5-9-17)25(31)29(22(20)24(27)28-21)15-14-18-10-6-3-7-11-18/h2-13,16,30H,14-15H2,1H3. The summed E-state index contributed by atoms with van der Waals surface area (Å²) in [6, 6.07) is 21.0. The maximum absolute atomic E-state index is 13.5. The Bertz CT molecular complexity index is 1400. The van der Waals surface area contributed by atoms with Gasteiger partial charge < -0.3 is 14.4 Å². The highest BCUT2D eigenvalue weighted by Gasteiger charge is 2.22. The van der Waals surface area contributed by atoms with Crippen LogP contribution in [0.5, 0.6) is 5.75 Å². The smallest absolute Gasteiger partial charge is 0.360 e. The number of aromatic nitrogens is 2. The van der Waals surface area contributed by atoms with Gasteiger partial charge in [-0.15, -0.1) is 0 Å². The summed E-state index contributed by atoms with van der Waals surface area (Å²) in [7, 11) is 1.22. The third-order valence-electron chi connectivity index (χ3n) is 5.30. The Balaban J connectivity index is 1.90. The van der Waals surface area contributed by atoms with Gasteiger partial charge in [-0.1, -0.05) is 66.7 Å². The average molecular weight is 505 g/mol. The lowest BCUT2D eigenvalue weighted by Gasteiger charge is -2.15. The van der Waals surface area contributed by atoms with Gasteiger partial charge in [0.25, 0.3) is 5.56 Å². The molecule has 0 aliphatic heterocycles. The number of aryl methyl sites for hydroxylation is 2. The molecule has 2 aromatic heterocycles. The zero-order valence-electron chi connectivity index (χ0n) is 17.9. The van der Waals surface area contributed by atoms with Crippen molar-refractivity contribution in [1.82, 2.24) is 9.55 Å². The van der Waals surface area contributed by atoms with E-state index in [1.165, 1.54) is 7.11 Å². The van der Waals surface area contributed by atoms with E-state index in [0.29, 0.717) is 29.4 Å². The van der Waals surface area contributed by atoms with Gasteiger partial charge in [0.15, 0.2) is 11.4 Å². The number of aromatic hydroxyl groups is 1. The molecule has 0 saturated carbocycles. The van der Waals surface area contributed by atoms with Crippen molar-refractivity contribution in [3.63, 3.8) is 0 Å². The Morgan fingerprint density at radius 2 is 1.76 bits per heavy atom. The lowest BCUT2D eigenvalue weighted by atomic mass is 10.1. The van der Waals surface area contributed by atoms with Gasteiger partial charge in [-0.25, -0.2) is 9.78 Å². The summed E-state index contributed by atoms with van der Waals surface area (Å²) in [6.07, 6.45) is 4.15. The van der Waals surface area contributed by atoms with E-state index in [9.17, 15) is 14.7 Å². The zero-order chi connectivity index (χ0) is 23.4. The molecule has 0 aliphatic rings. The lowest BCUT2D eigenvalue weighted by molar-refractivity contribution is 0.0590. The number of rotatable bonds is 6. The molecule has 0 radical (unpaired) electrons. The van der Waals surface area contributed by atoms with Crippen LogP contribution in [0.15, 0.2) is 76.1 Å². The Labute approximate surface area is 198 Å². The molecule has 1 N–H and O–H groups in total. The third-order valence-corrected chi connectivity index (χ3v) is 5.86. The average Bonchev–Trinajstić information content (AvgIpc) is 2.85. The summed E-state index contributed by atoms with van der Waals surface area (Å²) in [5, 5.41) is 11.2. The van der Waals surface area contributed by atoms with Crippen molar-refractivity contribution in [2.45, 2.75) is 13.0 Å². The molecule has 0 aliphatic carbocycles. The number of nitrogens with zero attached hydrogens (tertiary/aromatic N) is 2. The number of fused-ring (bicyclic) bond motifs is 1. The second-order valence-corrected chi connectivity index (χ2v) is 8.14. The predicted octanol–water partition coefficient (Wildman–Crippen LogP) is 5.06. The van der Waals surface area contributed by atoms with Gasteiger partial charge in [0.05, 0.1) is 12.6 Å². The summed E-state index contributed by atoms with van der Waals surface area (Å²) in [5.74, 6) is -1.10. The number of methoxy groups -OCH3 is 1. The number of hydrogen-bond donors (Lipinski definition) is 1. The fourth-order valence-corrected chi connectivity index (χ4v) is 4.24. The maximum Gasteiger partial charge on any atom is 0.360 e. The van der Waals surface area contributed by atoms with Crippen molar-refractivity contribution in [1.29, 1.82) is 0 Å². The normalized spacial score (nSPS) is 11.2. The SMILES string of the molecule is COC(=O)c1nc(Br)c2c(cc(C=Cc3ccccc3)c(=O)n2CCc2ccccc2)c1O. The van der Waals surface area contributed by atoms with Gasteiger partial charge >= 0.3 is 5.97 Å². The number of hydrogen-bond acceptors (Lipinski definition) is 5. The van der Waals surface area contributed by atoms with Crippen LogP contribution in [-0.2, 0) is 17.7 Å². The summed E-state index contributed by atoms with van der Waals surface area (Å²) in [6.45, 7) is 0.365. The molecule has 0 unspecified atom stereocenters. The van der Waals surface area contributed by atoms with E-state index in [2.05, 4.69) is 20.9 Å². The van der Waals surface area contributed by atoms with Gasteiger partial charge in [-0.3, -0.25) is 4.79 Å². The molecule has 0 fully saturated rings. The van der Waals surface area contributed by atoms with Crippen LogP contribution in [0.3, 0.4) is 0 Å². The molecule has 4 aromatic rings. The third kappa shape index (κ3) is 4.73. The minimum absolute atomic E-state index is 0.219. The summed E-state index contributed by atoms with van der Waals surface area (Å²) >= 11 is 3.38. The van der Waals surface area contributed by atoms with Crippen LogP contribution < -0.4 is 5.56 Å². The second kappa shape index (κ2) is 9.83. The molecule has 4 rings (SSSR count). The van der Waals surface area contributed by atoms with Crippen LogP contribution in [0.25, 0.3) is 23.1 Å². The lowest BCUT2D eigenvalue weighted by Crippen LogP contribution is -2.24. The quantitative estimate of drug-likeness (QED) is 0.293. The second-order valence-electron chi connectivity index (χ2n) is 7.39. The molecule has 7 heteroatoms. The zero-order valence-corrected chi connectivity index (χ0v) is 19.5. The van der Waals surface area contributed by atoms with Crippen molar-refractivity contribution in [3.05, 3.63) is 104 Å². The summed E-state index contributed by atoms with van der Waals surface area (Å²) < 4.78 is 6.60. The highest BCUT2D eigenvalue weighted by atomic mass is 79.9. The minimum Gasteiger partial charge on any atom is -0.505 e. The Morgan fingerprint density at radius 3 is 2.42 bits per heavy atom. The number of pyridine rings is 2. The van der Waals surface area contributed by atoms with E-state index in [1.807, 2.05) is 66.7 Å². The van der Waals surface area contributed by atoms with Crippen LogP contribution >= 0.6 is 15.9 Å². The summed E-state index contributed by atoms with van der Waals surface area (Å²) in [4.78, 5) is 29.8. The number of halogens is 1. The predicted molar refractivity (Wildman–Crippen MR) is 132 cm³/mol. The first kappa shape index (κ1) is 22.5. The molecule has 0 spiro atoms. The van der Waals surface area contributed by atoms with Crippen molar-refractivity contribution >= 4 is 45.0 Å². The van der Waals surface area contributed by atoms with E-state index in [-0.39, 0.29) is 21.6 Å². The Morgan fingerprint density at radius 1 is 1.09 bits per heavy atom. The topological polar surface area (TPSA) is 81.4 Å². The first-order valence-electron chi connectivity index (χ1n) is 10.3. The molecule has 6 nitrogen and oxygen atoms in total. The number of carbonyl (C=O) groups is 1. The van der Waals surface area contributed by atoms with E-state index in [0.717, 1.165) is 11.1 Å². The van der Waals surface area contributed by atoms with Crippen LogP contribution in [0.1, 0.15) is 27.2 Å². The van der Waals surface area contributed by atoms with Gasteiger partial charge in [-0.05, 0) is 45.6 Å². The van der Waals surface area contributed by atoms with Gasteiger partial charge in [-0.2, -0.15) is 0 Å². The largest absolute Gasteiger partial charge is 0.505 e. The highest BCUT2D eigenvalue weighted by molar-refractivity contribution is 9.10. The Kier molecular flexibility index (Phi) is 6.70. The summed E-state index contributed by atoms with van der Waals surface area (Å²) in [5.41, 5.74) is 2.36.